The van der Waals surface area contributed by atoms with Gasteiger partial charge in [0.2, 0.25) is 0 Å². The van der Waals surface area contributed by atoms with Crippen molar-refractivity contribution < 1.29 is 0 Å². The molecule has 0 aliphatic heterocycles. The monoisotopic (exact) mass is 280 g/mol. The molecule has 19 heavy (non-hydrogen) atoms. The average Bonchev–Trinajstić information content (AvgIpc) is 3.03. The third-order valence-corrected chi connectivity index (χ3v) is 4.61. The number of nitrogens with zero attached hydrogens (tertiary/aromatic N) is 1. The summed E-state index contributed by atoms with van der Waals surface area (Å²) >= 11 is 1.87. The van der Waals surface area contributed by atoms with Crippen LogP contribution in [0.1, 0.15) is 45.4 Å². The van der Waals surface area contributed by atoms with Crippen LogP contribution < -0.4 is 5.32 Å². The molecule has 2 rings (SSSR count). The molecule has 2 nitrogen and oxygen atoms in total. The van der Waals surface area contributed by atoms with E-state index in [9.17, 15) is 0 Å². The molecule has 1 aromatic rings. The van der Waals surface area contributed by atoms with E-state index in [0.29, 0.717) is 11.5 Å². The fraction of sp³-hybridized carbons (Fsp3) is 0.750. The SMILES string of the molecule is CC(C)N(Cc1cccs1)CC(C)(C)CNC1CC1. The Balaban J connectivity index is 1.86. The van der Waals surface area contributed by atoms with Crippen molar-refractivity contribution >= 4 is 11.3 Å². The summed E-state index contributed by atoms with van der Waals surface area (Å²) in [5.74, 6) is 0. The second kappa shape index (κ2) is 6.38. The highest BCUT2D eigenvalue weighted by Crippen LogP contribution is 2.24. The largest absolute Gasteiger partial charge is 0.313 e. The first-order valence-corrected chi connectivity index (χ1v) is 8.34. The van der Waals surface area contributed by atoms with Crippen LogP contribution in [-0.2, 0) is 6.54 Å². The molecule has 0 atom stereocenters. The van der Waals surface area contributed by atoms with Crippen molar-refractivity contribution in [3.63, 3.8) is 0 Å². The Bertz CT molecular complexity index is 366. The summed E-state index contributed by atoms with van der Waals surface area (Å²) in [6, 6.07) is 5.81. The van der Waals surface area contributed by atoms with E-state index in [1.54, 1.807) is 0 Å². The number of hydrogen-bond donors (Lipinski definition) is 1. The Morgan fingerprint density at radius 1 is 1.42 bits per heavy atom. The molecule has 0 aromatic carbocycles. The topological polar surface area (TPSA) is 15.3 Å². The van der Waals surface area contributed by atoms with Crippen LogP contribution in [-0.4, -0.2) is 30.1 Å². The molecule has 1 saturated carbocycles. The first-order valence-electron chi connectivity index (χ1n) is 7.46. The Labute approximate surface area is 122 Å². The maximum atomic E-state index is 3.68. The Morgan fingerprint density at radius 3 is 2.68 bits per heavy atom. The van der Waals surface area contributed by atoms with Gasteiger partial charge >= 0.3 is 0 Å². The molecular formula is C16H28N2S. The zero-order chi connectivity index (χ0) is 13.9. The highest BCUT2D eigenvalue weighted by atomic mass is 32.1. The molecule has 108 valence electrons. The van der Waals surface area contributed by atoms with Crippen LogP contribution in [0.15, 0.2) is 17.5 Å². The van der Waals surface area contributed by atoms with Crippen LogP contribution >= 0.6 is 11.3 Å². The summed E-state index contributed by atoms with van der Waals surface area (Å²) in [6.07, 6.45) is 2.75. The smallest absolute Gasteiger partial charge is 0.0330 e. The van der Waals surface area contributed by atoms with Crippen molar-refractivity contribution in [1.82, 2.24) is 10.2 Å². The number of rotatable bonds is 8. The minimum atomic E-state index is 0.337. The van der Waals surface area contributed by atoms with Crippen molar-refractivity contribution in [2.45, 2.75) is 59.2 Å². The minimum Gasteiger partial charge on any atom is -0.313 e. The molecule has 1 N–H and O–H groups in total. The van der Waals surface area contributed by atoms with E-state index < -0.39 is 0 Å². The van der Waals surface area contributed by atoms with E-state index >= 15 is 0 Å². The van der Waals surface area contributed by atoms with Crippen LogP contribution in [0.3, 0.4) is 0 Å². The quantitative estimate of drug-likeness (QED) is 0.780. The lowest BCUT2D eigenvalue weighted by Gasteiger charge is -2.35. The molecule has 1 aliphatic rings. The number of hydrogen-bond acceptors (Lipinski definition) is 3. The number of thiophene rings is 1. The van der Waals surface area contributed by atoms with Crippen LogP contribution in [0.5, 0.6) is 0 Å². The van der Waals surface area contributed by atoms with Gasteiger partial charge in [0.15, 0.2) is 0 Å². The van der Waals surface area contributed by atoms with E-state index in [0.717, 1.165) is 25.7 Å². The zero-order valence-electron chi connectivity index (χ0n) is 12.8. The first-order chi connectivity index (χ1) is 8.96. The van der Waals surface area contributed by atoms with Gasteiger partial charge in [0.1, 0.15) is 0 Å². The van der Waals surface area contributed by atoms with Crippen molar-refractivity contribution in [3.05, 3.63) is 22.4 Å². The van der Waals surface area contributed by atoms with Crippen LogP contribution in [0.25, 0.3) is 0 Å². The molecule has 0 spiro atoms. The van der Waals surface area contributed by atoms with Crippen molar-refractivity contribution in [1.29, 1.82) is 0 Å². The summed E-state index contributed by atoms with van der Waals surface area (Å²) in [5, 5.41) is 5.85. The van der Waals surface area contributed by atoms with Crippen LogP contribution in [0.4, 0.5) is 0 Å². The standard InChI is InChI=1S/C16H28N2S/c1-13(2)18(10-15-6-5-9-19-15)12-16(3,4)11-17-14-7-8-14/h5-6,9,13-14,17H,7-8,10-12H2,1-4H3. The Kier molecular flexibility index (Phi) is 5.04. The van der Waals surface area contributed by atoms with Crippen LogP contribution in [0.2, 0.25) is 0 Å². The molecule has 0 unspecified atom stereocenters. The van der Waals surface area contributed by atoms with Gasteiger partial charge in [-0.1, -0.05) is 19.9 Å². The van der Waals surface area contributed by atoms with E-state index in [4.69, 9.17) is 0 Å². The van der Waals surface area contributed by atoms with Gasteiger partial charge in [-0.05, 0) is 43.6 Å². The third kappa shape index (κ3) is 5.25. The molecule has 0 radical (unpaired) electrons. The molecule has 1 heterocycles. The Morgan fingerprint density at radius 2 is 2.16 bits per heavy atom. The van der Waals surface area contributed by atoms with E-state index in [1.165, 1.54) is 17.7 Å². The maximum absolute atomic E-state index is 3.68. The van der Waals surface area contributed by atoms with Crippen LogP contribution in [0, 0.1) is 5.41 Å². The van der Waals surface area contributed by atoms with Gasteiger partial charge in [-0.15, -0.1) is 11.3 Å². The second-order valence-electron chi connectivity index (χ2n) is 6.90. The second-order valence-corrected chi connectivity index (χ2v) is 7.93. The maximum Gasteiger partial charge on any atom is 0.0330 e. The highest BCUT2D eigenvalue weighted by Gasteiger charge is 2.27. The highest BCUT2D eigenvalue weighted by molar-refractivity contribution is 7.09. The third-order valence-electron chi connectivity index (χ3n) is 3.75. The normalized spacial score (nSPS) is 16.5. The lowest BCUT2D eigenvalue weighted by molar-refractivity contribution is 0.136. The first kappa shape index (κ1) is 15.0. The molecule has 0 saturated heterocycles. The number of nitrogens with one attached hydrogen (secondary N) is 1. The lowest BCUT2D eigenvalue weighted by Crippen LogP contribution is -2.43. The van der Waals surface area contributed by atoms with Gasteiger partial charge in [0.25, 0.3) is 0 Å². The van der Waals surface area contributed by atoms with E-state index in [2.05, 4.69) is 55.4 Å². The minimum absolute atomic E-state index is 0.337. The molecule has 0 amide bonds. The molecule has 1 fully saturated rings. The molecule has 1 aliphatic carbocycles. The van der Waals surface area contributed by atoms with Crippen molar-refractivity contribution in [2.24, 2.45) is 5.41 Å². The van der Waals surface area contributed by atoms with E-state index in [-0.39, 0.29) is 0 Å². The predicted octanol–water partition coefficient (Wildman–Crippen LogP) is 3.74. The van der Waals surface area contributed by atoms with Gasteiger partial charge in [0.05, 0.1) is 0 Å². The summed E-state index contributed by atoms with van der Waals surface area (Å²) in [4.78, 5) is 4.07. The Hall–Kier alpha value is -0.380. The summed E-state index contributed by atoms with van der Waals surface area (Å²) in [6.45, 7) is 12.7. The zero-order valence-corrected chi connectivity index (χ0v) is 13.6. The van der Waals surface area contributed by atoms with Gasteiger partial charge in [0, 0.05) is 36.6 Å². The van der Waals surface area contributed by atoms with E-state index in [1.807, 2.05) is 11.3 Å². The van der Waals surface area contributed by atoms with Gasteiger partial charge < -0.3 is 5.32 Å². The van der Waals surface area contributed by atoms with Gasteiger partial charge in [-0.2, -0.15) is 0 Å². The lowest BCUT2D eigenvalue weighted by atomic mass is 9.92. The van der Waals surface area contributed by atoms with Gasteiger partial charge in [-0.25, -0.2) is 0 Å². The van der Waals surface area contributed by atoms with Gasteiger partial charge in [-0.3, -0.25) is 4.90 Å². The molecule has 3 heteroatoms. The summed E-state index contributed by atoms with van der Waals surface area (Å²) in [5.41, 5.74) is 0.337. The molecule has 0 bridgehead atoms. The summed E-state index contributed by atoms with van der Waals surface area (Å²) < 4.78 is 0. The summed E-state index contributed by atoms with van der Waals surface area (Å²) in [7, 11) is 0. The average molecular weight is 280 g/mol. The van der Waals surface area contributed by atoms with Crippen molar-refractivity contribution in [2.75, 3.05) is 13.1 Å². The fourth-order valence-corrected chi connectivity index (χ4v) is 3.07. The molecular weight excluding hydrogens is 252 g/mol. The fourth-order valence-electron chi connectivity index (χ4n) is 2.34. The van der Waals surface area contributed by atoms with Crippen molar-refractivity contribution in [3.8, 4) is 0 Å². The predicted molar refractivity (Wildman–Crippen MR) is 84.7 cm³/mol. The molecule has 1 aromatic heterocycles.